The van der Waals surface area contributed by atoms with E-state index in [4.69, 9.17) is 0 Å². The summed E-state index contributed by atoms with van der Waals surface area (Å²) in [5.41, 5.74) is 0.572. The molecule has 0 aliphatic rings. The van der Waals surface area contributed by atoms with Crippen LogP contribution in [0.1, 0.15) is 11.1 Å². The number of rotatable bonds is 5. The van der Waals surface area contributed by atoms with Gasteiger partial charge in [0.05, 0.1) is 11.1 Å². The second-order valence-corrected chi connectivity index (χ2v) is 4.83. The van der Waals surface area contributed by atoms with Crippen LogP contribution in [0.25, 0.3) is 0 Å². The molecule has 0 aliphatic heterocycles. The summed E-state index contributed by atoms with van der Waals surface area (Å²) in [6.07, 6.45) is 1.10. The van der Waals surface area contributed by atoms with Crippen molar-refractivity contribution in [3.05, 3.63) is 74.2 Å². The molecule has 0 bridgehead atoms. The largest absolute Gasteiger partial charge is 0.350 e. The van der Waals surface area contributed by atoms with Crippen molar-refractivity contribution < 1.29 is 9.72 Å². The molecule has 114 valence electrons. The van der Waals surface area contributed by atoms with E-state index in [1.165, 1.54) is 6.92 Å². The highest BCUT2D eigenvalue weighted by Crippen LogP contribution is 2.13. The third kappa shape index (κ3) is 3.78. The fourth-order valence-electron chi connectivity index (χ4n) is 1.98. The quantitative estimate of drug-likeness (QED) is 0.667. The van der Waals surface area contributed by atoms with Crippen molar-refractivity contribution >= 4 is 11.6 Å². The molecule has 0 aliphatic carbocycles. The van der Waals surface area contributed by atoms with E-state index in [0.717, 1.165) is 22.4 Å². The van der Waals surface area contributed by atoms with E-state index in [1.54, 1.807) is 0 Å². The van der Waals surface area contributed by atoms with Crippen LogP contribution in [0, 0.1) is 17.0 Å². The van der Waals surface area contributed by atoms with Gasteiger partial charge < -0.3 is 5.32 Å². The highest BCUT2D eigenvalue weighted by molar-refractivity contribution is 5.75. The molecule has 0 fully saturated rings. The van der Waals surface area contributed by atoms with Crippen molar-refractivity contribution in [2.24, 2.45) is 0 Å². The topological polar surface area (TPSA) is 94.2 Å². The molecule has 0 saturated heterocycles. The van der Waals surface area contributed by atoms with E-state index < -0.39 is 10.5 Å². The van der Waals surface area contributed by atoms with E-state index >= 15 is 0 Å². The van der Waals surface area contributed by atoms with Gasteiger partial charge in [0.15, 0.2) is 0 Å². The van der Waals surface area contributed by atoms with Crippen LogP contribution < -0.4 is 10.9 Å². The highest BCUT2D eigenvalue weighted by Gasteiger charge is 2.14. The van der Waals surface area contributed by atoms with Crippen LogP contribution in [-0.2, 0) is 17.9 Å². The van der Waals surface area contributed by atoms with Gasteiger partial charge in [0.2, 0.25) is 5.91 Å². The number of hydrogen-bond acceptors (Lipinski definition) is 4. The number of carbonyl (C=O) groups is 1. The molecule has 22 heavy (non-hydrogen) atoms. The van der Waals surface area contributed by atoms with Crippen molar-refractivity contribution in [1.29, 1.82) is 0 Å². The molecule has 0 atom stereocenters. The SMILES string of the molecule is Cc1cc(=O)n(CC(=O)NCc2ccccc2)cc1[N+](=O)[O-]. The average molecular weight is 301 g/mol. The molecule has 0 radical (unpaired) electrons. The molecule has 1 N–H and O–H groups in total. The Morgan fingerprint density at radius 2 is 2.00 bits per heavy atom. The van der Waals surface area contributed by atoms with E-state index in [2.05, 4.69) is 5.32 Å². The van der Waals surface area contributed by atoms with Gasteiger partial charge >= 0.3 is 0 Å². The van der Waals surface area contributed by atoms with Crippen molar-refractivity contribution in [2.45, 2.75) is 20.0 Å². The summed E-state index contributed by atoms with van der Waals surface area (Å²) in [5.74, 6) is -0.385. The van der Waals surface area contributed by atoms with Gasteiger partial charge in [-0.1, -0.05) is 30.3 Å². The smallest absolute Gasteiger partial charge is 0.288 e. The van der Waals surface area contributed by atoms with Crippen LogP contribution in [0.3, 0.4) is 0 Å². The Hall–Kier alpha value is -2.96. The molecule has 7 nitrogen and oxygen atoms in total. The minimum Gasteiger partial charge on any atom is -0.350 e. The van der Waals surface area contributed by atoms with Crippen LogP contribution in [0.5, 0.6) is 0 Å². The predicted octanol–water partition coefficient (Wildman–Crippen LogP) is 1.38. The van der Waals surface area contributed by atoms with Crippen LogP contribution in [-0.4, -0.2) is 15.4 Å². The predicted molar refractivity (Wildman–Crippen MR) is 80.4 cm³/mol. The summed E-state index contributed by atoms with van der Waals surface area (Å²) >= 11 is 0. The molecule has 1 heterocycles. The summed E-state index contributed by atoms with van der Waals surface area (Å²) in [6, 6.07) is 10.5. The second-order valence-electron chi connectivity index (χ2n) is 4.83. The van der Waals surface area contributed by atoms with Gasteiger partial charge in [0.1, 0.15) is 6.54 Å². The first-order chi connectivity index (χ1) is 10.5. The first kappa shape index (κ1) is 15.4. The van der Waals surface area contributed by atoms with Gasteiger partial charge in [-0.2, -0.15) is 0 Å². The number of nitrogens with one attached hydrogen (secondary N) is 1. The number of benzene rings is 1. The molecule has 1 aromatic heterocycles. The van der Waals surface area contributed by atoms with Gasteiger partial charge in [-0.05, 0) is 12.5 Å². The standard InChI is InChI=1S/C15H15N3O4/c1-11-7-15(20)17(9-13(11)18(21)22)10-14(19)16-8-12-5-3-2-4-6-12/h2-7,9H,8,10H2,1H3,(H,16,19). The normalized spacial score (nSPS) is 10.2. The van der Waals surface area contributed by atoms with Crippen LogP contribution in [0.4, 0.5) is 5.69 Å². The van der Waals surface area contributed by atoms with Gasteiger partial charge in [-0.25, -0.2) is 0 Å². The molecule has 7 heteroatoms. The number of amides is 1. The molecule has 2 aromatic rings. The highest BCUT2D eigenvalue weighted by atomic mass is 16.6. The lowest BCUT2D eigenvalue weighted by Crippen LogP contribution is -2.31. The maximum Gasteiger partial charge on any atom is 0.288 e. The van der Waals surface area contributed by atoms with Crippen molar-refractivity contribution in [2.75, 3.05) is 0 Å². The lowest BCUT2D eigenvalue weighted by atomic mass is 10.2. The number of hydrogen-bond donors (Lipinski definition) is 1. The Morgan fingerprint density at radius 1 is 1.32 bits per heavy atom. The minimum absolute atomic E-state index is 0.185. The van der Waals surface area contributed by atoms with Gasteiger partial charge in [-0.15, -0.1) is 0 Å². The number of carbonyl (C=O) groups excluding carboxylic acids is 1. The lowest BCUT2D eigenvalue weighted by Gasteiger charge is -2.08. The molecule has 0 spiro atoms. The number of pyridine rings is 1. The van der Waals surface area contributed by atoms with Gasteiger partial charge in [0, 0.05) is 18.2 Å². The van der Waals surface area contributed by atoms with E-state index in [9.17, 15) is 19.7 Å². The molecule has 2 rings (SSSR count). The summed E-state index contributed by atoms with van der Waals surface area (Å²) in [6.45, 7) is 1.56. The average Bonchev–Trinajstić information content (AvgIpc) is 2.48. The third-order valence-corrected chi connectivity index (χ3v) is 3.15. The first-order valence-corrected chi connectivity index (χ1v) is 6.63. The zero-order valence-corrected chi connectivity index (χ0v) is 12.0. The molecule has 1 aromatic carbocycles. The van der Waals surface area contributed by atoms with Crippen LogP contribution in [0.2, 0.25) is 0 Å². The Labute approximate surface area is 126 Å². The lowest BCUT2D eigenvalue weighted by molar-refractivity contribution is -0.385. The summed E-state index contributed by atoms with van der Waals surface area (Å²) in [4.78, 5) is 33.9. The van der Waals surface area contributed by atoms with Crippen molar-refractivity contribution in [3.63, 3.8) is 0 Å². The first-order valence-electron chi connectivity index (χ1n) is 6.63. The Balaban J connectivity index is 2.07. The molecular formula is C15H15N3O4. The molecule has 1 amide bonds. The van der Waals surface area contributed by atoms with Gasteiger partial charge in [0.25, 0.3) is 11.2 Å². The number of nitro groups is 1. The third-order valence-electron chi connectivity index (χ3n) is 3.15. The van der Waals surface area contributed by atoms with Crippen LogP contribution >= 0.6 is 0 Å². The number of aryl methyl sites for hydroxylation is 1. The second kappa shape index (κ2) is 6.66. The maximum atomic E-state index is 11.9. The number of aromatic nitrogens is 1. The fourth-order valence-corrected chi connectivity index (χ4v) is 1.98. The summed E-state index contributed by atoms with van der Waals surface area (Å²) in [7, 11) is 0. The monoisotopic (exact) mass is 301 g/mol. The zero-order valence-electron chi connectivity index (χ0n) is 12.0. The Kier molecular flexibility index (Phi) is 4.67. The Bertz CT molecular complexity index is 753. The summed E-state index contributed by atoms with van der Waals surface area (Å²) < 4.78 is 1.03. The van der Waals surface area contributed by atoms with Crippen molar-refractivity contribution in [1.82, 2.24) is 9.88 Å². The fraction of sp³-hybridized carbons (Fsp3) is 0.200. The summed E-state index contributed by atoms with van der Waals surface area (Å²) in [5, 5.41) is 13.5. The number of nitrogens with zero attached hydrogens (tertiary/aromatic N) is 2. The molecule has 0 unspecified atom stereocenters. The zero-order chi connectivity index (χ0) is 16.1. The van der Waals surface area contributed by atoms with Crippen LogP contribution in [0.15, 0.2) is 47.4 Å². The maximum absolute atomic E-state index is 11.9. The van der Waals surface area contributed by atoms with Crippen molar-refractivity contribution in [3.8, 4) is 0 Å². The van der Waals surface area contributed by atoms with Gasteiger partial charge in [-0.3, -0.25) is 24.3 Å². The molecule has 0 saturated carbocycles. The molecular weight excluding hydrogens is 286 g/mol. The van der Waals surface area contributed by atoms with E-state index in [1.807, 2.05) is 30.3 Å². The van der Waals surface area contributed by atoms with E-state index in [0.29, 0.717) is 6.54 Å². The Morgan fingerprint density at radius 3 is 2.64 bits per heavy atom. The minimum atomic E-state index is -0.576. The van der Waals surface area contributed by atoms with E-state index in [-0.39, 0.29) is 23.7 Å².